The van der Waals surface area contributed by atoms with E-state index in [0.717, 1.165) is 37.6 Å². The lowest BCUT2D eigenvalue weighted by Crippen LogP contribution is -2.41. The summed E-state index contributed by atoms with van der Waals surface area (Å²) >= 11 is 0. The van der Waals surface area contributed by atoms with Gasteiger partial charge in [-0.2, -0.15) is 18.2 Å². The molecule has 174 valence electrons. The van der Waals surface area contributed by atoms with Crippen LogP contribution in [0.15, 0.2) is 0 Å². The van der Waals surface area contributed by atoms with Crippen LogP contribution < -0.4 is 15.8 Å². The number of hydrogen-bond acceptors (Lipinski definition) is 8. The Labute approximate surface area is 182 Å². The highest BCUT2D eigenvalue weighted by atomic mass is 19.4. The van der Waals surface area contributed by atoms with Crippen LogP contribution in [0.1, 0.15) is 66.3 Å². The first-order valence-corrected chi connectivity index (χ1v) is 10.9. The molecule has 9 nitrogen and oxygen atoms in total. The second-order valence-electron chi connectivity index (χ2n) is 8.81. The maximum Gasteiger partial charge on any atom is 0.423 e. The van der Waals surface area contributed by atoms with E-state index >= 15 is 0 Å². The van der Waals surface area contributed by atoms with E-state index in [9.17, 15) is 13.2 Å². The van der Waals surface area contributed by atoms with Crippen LogP contribution in [0.5, 0.6) is 5.88 Å². The summed E-state index contributed by atoms with van der Waals surface area (Å²) in [6.07, 6.45) is -2.45. The van der Waals surface area contributed by atoms with E-state index in [2.05, 4.69) is 25.5 Å². The van der Waals surface area contributed by atoms with E-state index < -0.39 is 29.6 Å². The molecular formula is C20H26F3N7O2. The minimum atomic E-state index is -4.66. The Kier molecular flexibility index (Phi) is 5.44. The lowest BCUT2D eigenvalue weighted by atomic mass is 9.78. The number of halogens is 3. The molecule has 2 aromatic heterocycles. The first kappa shape index (κ1) is 21.4. The van der Waals surface area contributed by atoms with Crippen molar-refractivity contribution < 1.29 is 22.6 Å². The summed E-state index contributed by atoms with van der Waals surface area (Å²) in [6.45, 7) is 2.19. The zero-order valence-corrected chi connectivity index (χ0v) is 17.7. The first-order valence-electron chi connectivity index (χ1n) is 10.9. The van der Waals surface area contributed by atoms with Crippen molar-refractivity contribution in [2.45, 2.75) is 55.7 Å². The van der Waals surface area contributed by atoms with Gasteiger partial charge in [-0.1, -0.05) is 6.42 Å². The van der Waals surface area contributed by atoms with Crippen molar-refractivity contribution in [3.05, 3.63) is 22.9 Å². The van der Waals surface area contributed by atoms with Gasteiger partial charge in [0.1, 0.15) is 23.3 Å². The summed E-state index contributed by atoms with van der Waals surface area (Å²) in [5.41, 5.74) is 4.79. The van der Waals surface area contributed by atoms with Gasteiger partial charge in [-0.15, -0.1) is 10.2 Å². The lowest BCUT2D eigenvalue weighted by Gasteiger charge is -2.32. The third kappa shape index (κ3) is 3.90. The lowest BCUT2D eigenvalue weighted by molar-refractivity contribution is -0.143. The highest BCUT2D eigenvalue weighted by molar-refractivity contribution is 5.41. The molecule has 32 heavy (non-hydrogen) atoms. The van der Waals surface area contributed by atoms with Crippen LogP contribution in [-0.4, -0.2) is 57.1 Å². The molecule has 0 spiro atoms. The number of anilines is 1. The summed E-state index contributed by atoms with van der Waals surface area (Å²) in [5.74, 6) is 0.902. The smallest absolute Gasteiger partial charge is 0.423 e. The number of nitrogens with two attached hydrogens (primary N) is 1. The molecule has 0 radical (unpaired) electrons. The second-order valence-corrected chi connectivity index (χ2v) is 8.81. The largest absolute Gasteiger partial charge is 0.469 e. The Bertz CT molecular complexity index is 988. The van der Waals surface area contributed by atoms with Crippen LogP contribution in [0.3, 0.4) is 0 Å². The number of nitrogen functional groups attached to an aromatic ring is 1. The minimum absolute atomic E-state index is 0.00490. The third-order valence-corrected chi connectivity index (χ3v) is 6.61. The average molecular weight is 453 g/mol. The molecule has 12 heteroatoms. The zero-order chi connectivity index (χ0) is 22.5. The average Bonchev–Trinajstić information content (AvgIpc) is 3.03. The van der Waals surface area contributed by atoms with Crippen LogP contribution in [0.2, 0.25) is 0 Å². The molecular weight excluding hydrogens is 427 g/mol. The van der Waals surface area contributed by atoms with Crippen LogP contribution in [0.4, 0.5) is 19.1 Å². The number of alkyl halides is 3. The number of nitrogens with zero attached hydrogens (tertiary/aromatic N) is 5. The molecule has 4 heterocycles. The molecule has 1 saturated carbocycles. The van der Waals surface area contributed by atoms with Crippen molar-refractivity contribution in [2.75, 3.05) is 32.0 Å². The molecule has 0 unspecified atom stereocenters. The Morgan fingerprint density at radius 3 is 2.34 bits per heavy atom. The van der Waals surface area contributed by atoms with Crippen LogP contribution in [0.25, 0.3) is 0 Å². The van der Waals surface area contributed by atoms with Crippen molar-refractivity contribution in [2.24, 2.45) is 7.05 Å². The number of hydrogen-bond donors (Lipinski definition) is 2. The van der Waals surface area contributed by atoms with E-state index in [1.165, 1.54) is 0 Å². The predicted octanol–water partition coefficient (Wildman–Crippen LogP) is 2.11. The predicted molar refractivity (Wildman–Crippen MR) is 107 cm³/mol. The van der Waals surface area contributed by atoms with Gasteiger partial charge in [0.15, 0.2) is 0 Å². The molecule has 1 aliphatic carbocycles. The van der Waals surface area contributed by atoms with Crippen LogP contribution >= 0.6 is 0 Å². The summed E-state index contributed by atoms with van der Waals surface area (Å²) in [7, 11) is 1.93. The van der Waals surface area contributed by atoms with Gasteiger partial charge in [0.05, 0.1) is 18.9 Å². The molecule has 0 amide bonds. The van der Waals surface area contributed by atoms with Gasteiger partial charge < -0.3 is 25.1 Å². The topological polar surface area (TPSA) is 113 Å². The Morgan fingerprint density at radius 1 is 1.06 bits per heavy atom. The van der Waals surface area contributed by atoms with Crippen molar-refractivity contribution in [1.82, 2.24) is 30.0 Å². The molecule has 3 N–H and O–H groups in total. The van der Waals surface area contributed by atoms with Gasteiger partial charge in [0.25, 0.3) is 0 Å². The molecule has 2 aromatic rings. The van der Waals surface area contributed by atoms with E-state index in [0.29, 0.717) is 18.8 Å². The molecule has 0 bridgehead atoms. The highest BCUT2D eigenvalue weighted by Gasteiger charge is 2.43. The van der Waals surface area contributed by atoms with Gasteiger partial charge >= 0.3 is 6.18 Å². The SMILES string of the molecule is Cn1c(C2CNC2)nnc1[C@H]1CCC[C@@H](c2nc(N)nc(OC3COC3)c2C(F)(F)F)C1. The van der Waals surface area contributed by atoms with Crippen LogP contribution in [-0.2, 0) is 18.0 Å². The summed E-state index contributed by atoms with van der Waals surface area (Å²) in [4.78, 5) is 7.85. The van der Waals surface area contributed by atoms with Gasteiger partial charge in [-0.3, -0.25) is 0 Å². The number of nitrogens with one attached hydrogen (secondary N) is 1. The fourth-order valence-corrected chi connectivity index (χ4v) is 4.77. The molecule has 2 saturated heterocycles. The van der Waals surface area contributed by atoms with Crippen LogP contribution in [0, 0.1) is 0 Å². The van der Waals surface area contributed by atoms with E-state index in [-0.39, 0.29) is 30.8 Å². The van der Waals surface area contributed by atoms with Crippen molar-refractivity contribution in [3.63, 3.8) is 0 Å². The van der Waals surface area contributed by atoms with Gasteiger partial charge in [-0.05, 0) is 19.3 Å². The van der Waals surface area contributed by atoms with Gasteiger partial charge in [-0.25, -0.2) is 4.98 Å². The van der Waals surface area contributed by atoms with E-state index in [4.69, 9.17) is 15.2 Å². The first-order chi connectivity index (χ1) is 15.3. The molecule has 0 aromatic carbocycles. The number of ether oxygens (including phenoxy) is 2. The fourth-order valence-electron chi connectivity index (χ4n) is 4.77. The maximum atomic E-state index is 14.1. The monoisotopic (exact) mass is 453 g/mol. The second kappa shape index (κ2) is 8.14. The zero-order valence-electron chi connectivity index (χ0n) is 17.7. The summed E-state index contributed by atoms with van der Waals surface area (Å²) in [6, 6.07) is 0. The summed E-state index contributed by atoms with van der Waals surface area (Å²) < 4.78 is 54.9. The number of aromatic nitrogens is 5. The van der Waals surface area contributed by atoms with E-state index in [1.54, 1.807) is 0 Å². The van der Waals surface area contributed by atoms with Crippen molar-refractivity contribution in [3.8, 4) is 5.88 Å². The van der Waals surface area contributed by atoms with Crippen molar-refractivity contribution >= 4 is 5.95 Å². The maximum absolute atomic E-state index is 14.1. The Hall–Kier alpha value is -2.47. The molecule has 2 atom stereocenters. The Balaban J connectivity index is 1.45. The quantitative estimate of drug-likeness (QED) is 0.708. The summed E-state index contributed by atoms with van der Waals surface area (Å²) in [5, 5.41) is 12.0. The molecule has 3 fully saturated rings. The number of rotatable bonds is 5. The van der Waals surface area contributed by atoms with E-state index in [1.807, 2.05) is 11.6 Å². The molecule has 3 aliphatic rings. The highest BCUT2D eigenvalue weighted by Crippen LogP contribution is 2.47. The van der Waals surface area contributed by atoms with Crippen molar-refractivity contribution in [1.29, 1.82) is 0 Å². The third-order valence-electron chi connectivity index (χ3n) is 6.61. The fraction of sp³-hybridized carbons (Fsp3) is 0.700. The van der Waals surface area contributed by atoms with Gasteiger partial charge in [0.2, 0.25) is 11.8 Å². The standard InChI is InChI=1S/C20H26F3N7O2/c1-30-16(28-29-17(30)12-6-25-7-12)11-4-2-3-10(5-11)15-14(20(21,22)23)18(27-19(24)26-15)32-13-8-31-9-13/h10-13,25H,2-9H2,1H3,(H2,24,26,27)/t10-,11+/m1/s1. The molecule has 5 rings (SSSR count). The normalized spacial score (nSPS) is 24.8. The van der Waals surface area contributed by atoms with Gasteiger partial charge in [0, 0.05) is 37.9 Å². The minimum Gasteiger partial charge on any atom is -0.469 e. The molecule has 2 aliphatic heterocycles. The Morgan fingerprint density at radius 2 is 1.75 bits per heavy atom.